The molecule has 0 bridgehead atoms. The lowest BCUT2D eigenvalue weighted by atomic mass is 10.0. The van der Waals surface area contributed by atoms with Crippen LogP contribution >= 0.6 is 0 Å². The predicted octanol–water partition coefficient (Wildman–Crippen LogP) is 5.05. The van der Waals surface area contributed by atoms with Crippen molar-refractivity contribution in [3.63, 3.8) is 0 Å². The highest BCUT2D eigenvalue weighted by molar-refractivity contribution is 7.92. The number of aromatic amines is 1. The average molecular weight is 391 g/mol. The zero-order valence-electron chi connectivity index (χ0n) is 15.7. The van der Waals surface area contributed by atoms with Crippen molar-refractivity contribution < 1.29 is 13.2 Å². The molecule has 1 atom stereocenters. The van der Waals surface area contributed by atoms with E-state index in [2.05, 4.69) is 4.98 Å². The molecule has 1 heterocycles. The molecular weight excluding hydrogens is 370 g/mol. The summed E-state index contributed by atoms with van der Waals surface area (Å²) in [6.07, 6.45) is 0. The number of sulfone groups is 1. The predicted molar refractivity (Wildman–Crippen MR) is 112 cm³/mol. The maximum Gasteiger partial charge on any atom is 0.189 e. The molecule has 0 radical (unpaired) electrons. The van der Waals surface area contributed by atoms with Crippen molar-refractivity contribution in [3.8, 4) is 5.75 Å². The minimum atomic E-state index is -3.69. The van der Waals surface area contributed by atoms with Gasteiger partial charge in [0, 0.05) is 22.2 Å². The Morgan fingerprint density at radius 1 is 0.893 bits per heavy atom. The van der Waals surface area contributed by atoms with Crippen LogP contribution in [0.15, 0.2) is 83.8 Å². The average Bonchev–Trinajstić information content (AvgIpc) is 3.05. The molecule has 1 unspecified atom stereocenters. The fourth-order valence-electron chi connectivity index (χ4n) is 3.69. The van der Waals surface area contributed by atoms with E-state index in [4.69, 9.17) is 4.74 Å². The molecule has 0 saturated heterocycles. The normalized spacial score (nSPS) is 12.8. The molecule has 0 amide bonds. The van der Waals surface area contributed by atoms with Gasteiger partial charge in [0.1, 0.15) is 11.0 Å². The van der Waals surface area contributed by atoms with Gasteiger partial charge < -0.3 is 9.72 Å². The van der Waals surface area contributed by atoms with Crippen LogP contribution in [0.1, 0.15) is 22.1 Å². The van der Waals surface area contributed by atoms with Gasteiger partial charge in [0.2, 0.25) is 0 Å². The van der Waals surface area contributed by atoms with Crippen molar-refractivity contribution in [2.45, 2.75) is 17.1 Å². The summed E-state index contributed by atoms with van der Waals surface area (Å²) in [6, 6.07) is 23.7. The molecule has 4 aromatic rings. The van der Waals surface area contributed by atoms with Crippen LogP contribution in [-0.2, 0) is 9.84 Å². The lowest BCUT2D eigenvalue weighted by Crippen LogP contribution is -2.16. The molecule has 28 heavy (non-hydrogen) atoms. The molecule has 0 aliphatic heterocycles. The minimum absolute atomic E-state index is 0.299. The van der Waals surface area contributed by atoms with E-state index in [0.717, 1.165) is 22.2 Å². The number of ether oxygens (including phenoxy) is 1. The van der Waals surface area contributed by atoms with Gasteiger partial charge in [0.25, 0.3) is 0 Å². The number of aryl methyl sites for hydroxylation is 1. The van der Waals surface area contributed by atoms with Crippen LogP contribution in [0.4, 0.5) is 0 Å². The van der Waals surface area contributed by atoms with Gasteiger partial charge in [-0.05, 0) is 42.8 Å². The number of para-hydroxylation sites is 1. The van der Waals surface area contributed by atoms with Gasteiger partial charge in [-0.3, -0.25) is 0 Å². The van der Waals surface area contributed by atoms with Crippen molar-refractivity contribution in [3.05, 3.63) is 95.7 Å². The maximum absolute atomic E-state index is 13.8. The topological polar surface area (TPSA) is 59.2 Å². The zero-order valence-corrected chi connectivity index (χ0v) is 16.5. The standard InChI is InChI=1S/C23H21NO3S/c1-16-22(20-13-6-7-14-21(20)24-16)23(17-9-8-10-18(15-17)27-2)28(25,26)19-11-4-3-5-12-19/h3-15,23-24H,1-2H3. The molecule has 142 valence electrons. The highest BCUT2D eigenvalue weighted by Crippen LogP contribution is 2.41. The first-order valence-electron chi connectivity index (χ1n) is 9.02. The maximum atomic E-state index is 13.8. The molecule has 1 N–H and O–H groups in total. The van der Waals surface area contributed by atoms with Gasteiger partial charge in [0.15, 0.2) is 9.84 Å². The molecule has 0 aliphatic rings. The first-order valence-corrected chi connectivity index (χ1v) is 10.6. The van der Waals surface area contributed by atoms with E-state index in [1.165, 1.54) is 0 Å². The third-order valence-corrected chi connectivity index (χ3v) is 7.04. The minimum Gasteiger partial charge on any atom is -0.497 e. The third kappa shape index (κ3) is 3.08. The number of methoxy groups -OCH3 is 1. The summed E-state index contributed by atoms with van der Waals surface area (Å²) in [5, 5.41) is 0.0634. The SMILES string of the molecule is COc1cccc(C(c2c(C)[nH]c3ccccc23)S(=O)(=O)c2ccccc2)c1. The molecule has 4 rings (SSSR count). The van der Waals surface area contributed by atoms with Crippen LogP contribution in [0.25, 0.3) is 10.9 Å². The largest absolute Gasteiger partial charge is 0.497 e. The van der Waals surface area contributed by atoms with E-state index >= 15 is 0 Å². The summed E-state index contributed by atoms with van der Waals surface area (Å²) in [6.45, 7) is 1.92. The molecule has 0 saturated carbocycles. The monoisotopic (exact) mass is 391 g/mol. The van der Waals surface area contributed by atoms with Gasteiger partial charge in [-0.2, -0.15) is 0 Å². The Morgan fingerprint density at radius 3 is 2.36 bits per heavy atom. The summed E-state index contributed by atoms with van der Waals surface area (Å²) in [5.74, 6) is 0.628. The second-order valence-corrected chi connectivity index (χ2v) is 8.76. The quantitative estimate of drug-likeness (QED) is 0.518. The van der Waals surface area contributed by atoms with Crippen LogP contribution in [0, 0.1) is 6.92 Å². The number of fused-ring (bicyclic) bond motifs is 1. The number of aromatic nitrogens is 1. The Bertz CT molecular complexity index is 1230. The summed E-state index contributed by atoms with van der Waals surface area (Å²) in [4.78, 5) is 3.63. The molecule has 3 aromatic carbocycles. The molecule has 1 aromatic heterocycles. The van der Waals surface area contributed by atoms with E-state index in [0.29, 0.717) is 16.2 Å². The Balaban J connectivity index is 2.03. The van der Waals surface area contributed by atoms with Crippen molar-refractivity contribution in [1.82, 2.24) is 4.98 Å². The molecule has 4 nitrogen and oxygen atoms in total. The summed E-state index contributed by atoms with van der Waals surface area (Å²) in [5.41, 5.74) is 3.21. The number of benzene rings is 3. The summed E-state index contributed by atoms with van der Waals surface area (Å²) >= 11 is 0. The second-order valence-electron chi connectivity index (χ2n) is 6.72. The van der Waals surface area contributed by atoms with Crippen LogP contribution in [0.2, 0.25) is 0 Å². The fraction of sp³-hybridized carbons (Fsp3) is 0.130. The van der Waals surface area contributed by atoms with E-state index in [9.17, 15) is 8.42 Å². The van der Waals surface area contributed by atoms with Gasteiger partial charge in [-0.1, -0.05) is 48.5 Å². The Hall–Kier alpha value is -3.05. The zero-order chi connectivity index (χ0) is 19.7. The smallest absolute Gasteiger partial charge is 0.189 e. The van der Waals surface area contributed by atoms with E-state index in [1.54, 1.807) is 37.4 Å². The van der Waals surface area contributed by atoms with Gasteiger partial charge >= 0.3 is 0 Å². The Kier molecular flexibility index (Phi) is 4.69. The highest BCUT2D eigenvalue weighted by Gasteiger charge is 2.34. The van der Waals surface area contributed by atoms with Crippen molar-refractivity contribution in [1.29, 1.82) is 0 Å². The second kappa shape index (κ2) is 7.17. The number of rotatable bonds is 5. The van der Waals surface area contributed by atoms with E-state index in [-0.39, 0.29) is 0 Å². The molecule has 0 fully saturated rings. The number of H-pyrrole nitrogens is 1. The molecule has 0 spiro atoms. The number of hydrogen-bond acceptors (Lipinski definition) is 3. The molecule has 5 heteroatoms. The first-order chi connectivity index (χ1) is 13.5. The molecular formula is C23H21NO3S. The third-order valence-electron chi connectivity index (χ3n) is 4.98. The van der Waals surface area contributed by atoms with Gasteiger partial charge in [-0.25, -0.2) is 8.42 Å². The lowest BCUT2D eigenvalue weighted by Gasteiger charge is -2.20. The van der Waals surface area contributed by atoms with Crippen LogP contribution in [0.5, 0.6) is 5.75 Å². The lowest BCUT2D eigenvalue weighted by molar-refractivity contribution is 0.414. The summed E-state index contributed by atoms with van der Waals surface area (Å²) in [7, 11) is -2.11. The summed E-state index contributed by atoms with van der Waals surface area (Å²) < 4.78 is 32.9. The Morgan fingerprint density at radius 2 is 1.61 bits per heavy atom. The van der Waals surface area contributed by atoms with Crippen LogP contribution in [0.3, 0.4) is 0 Å². The number of hydrogen-bond donors (Lipinski definition) is 1. The number of nitrogens with one attached hydrogen (secondary N) is 1. The highest BCUT2D eigenvalue weighted by atomic mass is 32.2. The van der Waals surface area contributed by atoms with Crippen molar-refractivity contribution in [2.24, 2.45) is 0 Å². The molecule has 0 aliphatic carbocycles. The van der Waals surface area contributed by atoms with Crippen molar-refractivity contribution >= 4 is 20.7 Å². The van der Waals surface area contributed by atoms with Crippen LogP contribution < -0.4 is 4.74 Å². The fourth-order valence-corrected chi connectivity index (χ4v) is 5.62. The van der Waals surface area contributed by atoms with Crippen molar-refractivity contribution in [2.75, 3.05) is 7.11 Å². The first kappa shape index (κ1) is 18.3. The Labute approximate surface area is 164 Å². The van der Waals surface area contributed by atoms with Gasteiger partial charge in [-0.15, -0.1) is 0 Å². The van der Waals surface area contributed by atoms with E-state index in [1.807, 2.05) is 55.5 Å². The van der Waals surface area contributed by atoms with Crippen LogP contribution in [-0.4, -0.2) is 20.5 Å². The van der Waals surface area contributed by atoms with Gasteiger partial charge in [0.05, 0.1) is 12.0 Å². The van der Waals surface area contributed by atoms with E-state index < -0.39 is 15.1 Å².